The first-order chi connectivity index (χ1) is 4.20. The molecule has 1 nitrogen and oxygen atoms in total. The first-order valence-corrected chi connectivity index (χ1v) is 2.53. The SMILES string of the molecule is C=C1C=C(F)C=CC1=N. The molecule has 0 bridgehead atoms. The van der Waals surface area contributed by atoms with E-state index in [1.54, 1.807) is 0 Å². The Morgan fingerprint density at radius 1 is 1.44 bits per heavy atom. The van der Waals surface area contributed by atoms with E-state index in [1.807, 2.05) is 0 Å². The maximum Gasteiger partial charge on any atom is 0.123 e. The third kappa shape index (κ3) is 1.13. The predicted octanol–water partition coefficient (Wildman–Crippen LogP) is 1.99. The summed E-state index contributed by atoms with van der Waals surface area (Å²) in [5, 5.41) is 7.09. The quantitative estimate of drug-likeness (QED) is 0.509. The summed E-state index contributed by atoms with van der Waals surface area (Å²) in [7, 11) is 0. The Kier molecular flexibility index (Phi) is 1.30. The van der Waals surface area contributed by atoms with E-state index in [1.165, 1.54) is 18.2 Å². The Bertz CT molecular complexity index is 223. The average Bonchev–Trinajstić information content (AvgIpc) is 1.80. The van der Waals surface area contributed by atoms with Crippen molar-refractivity contribution in [2.24, 2.45) is 0 Å². The van der Waals surface area contributed by atoms with E-state index in [0.29, 0.717) is 5.57 Å². The van der Waals surface area contributed by atoms with E-state index in [-0.39, 0.29) is 11.5 Å². The van der Waals surface area contributed by atoms with Crippen molar-refractivity contribution in [3.05, 3.63) is 36.2 Å². The molecule has 0 aliphatic heterocycles. The molecule has 0 spiro atoms. The minimum Gasteiger partial charge on any atom is -0.300 e. The van der Waals surface area contributed by atoms with Crippen molar-refractivity contribution in [3.8, 4) is 0 Å². The molecule has 0 atom stereocenters. The van der Waals surface area contributed by atoms with Gasteiger partial charge in [0.05, 0.1) is 5.71 Å². The van der Waals surface area contributed by atoms with Crippen LogP contribution < -0.4 is 0 Å². The molecule has 0 fully saturated rings. The van der Waals surface area contributed by atoms with Crippen LogP contribution in [0.2, 0.25) is 0 Å². The Morgan fingerprint density at radius 3 is 2.56 bits per heavy atom. The molecule has 1 aliphatic carbocycles. The van der Waals surface area contributed by atoms with E-state index >= 15 is 0 Å². The van der Waals surface area contributed by atoms with Crippen LogP contribution in [0.15, 0.2) is 36.2 Å². The number of halogens is 1. The molecule has 0 saturated heterocycles. The lowest BCUT2D eigenvalue weighted by atomic mass is 10.1. The minimum atomic E-state index is -0.337. The Hall–Kier alpha value is -1.18. The molecule has 0 aromatic heterocycles. The molecule has 9 heavy (non-hydrogen) atoms. The summed E-state index contributed by atoms with van der Waals surface area (Å²) in [6.45, 7) is 3.45. The molecule has 0 unspecified atom stereocenters. The fraction of sp³-hybridized carbons (Fsp3) is 0. The molecule has 1 rings (SSSR count). The summed E-state index contributed by atoms with van der Waals surface area (Å²) < 4.78 is 12.2. The zero-order chi connectivity index (χ0) is 6.85. The topological polar surface area (TPSA) is 23.9 Å². The van der Waals surface area contributed by atoms with Crippen molar-refractivity contribution >= 4 is 5.71 Å². The highest BCUT2D eigenvalue weighted by Crippen LogP contribution is 2.11. The minimum absolute atomic E-state index is 0.274. The van der Waals surface area contributed by atoms with Gasteiger partial charge in [0.1, 0.15) is 5.83 Å². The van der Waals surface area contributed by atoms with Gasteiger partial charge in [0.25, 0.3) is 0 Å². The van der Waals surface area contributed by atoms with Gasteiger partial charge in [-0.05, 0) is 23.8 Å². The fourth-order valence-corrected chi connectivity index (χ4v) is 0.562. The first-order valence-electron chi connectivity index (χ1n) is 2.53. The van der Waals surface area contributed by atoms with Crippen molar-refractivity contribution in [3.63, 3.8) is 0 Å². The highest BCUT2D eigenvalue weighted by Gasteiger charge is 2.02. The second-order valence-electron chi connectivity index (χ2n) is 1.80. The maximum atomic E-state index is 12.2. The van der Waals surface area contributed by atoms with Gasteiger partial charge in [0.2, 0.25) is 0 Å². The molecule has 0 heterocycles. The largest absolute Gasteiger partial charge is 0.300 e. The number of rotatable bonds is 0. The lowest BCUT2D eigenvalue weighted by Crippen LogP contribution is -1.96. The summed E-state index contributed by atoms with van der Waals surface area (Å²) >= 11 is 0. The van der Waals surface area contributed by atoms with Gasteiger partial charge in [-0.2, -0.15) is 0 Å². The molecule has 46 valence electrons. The van der Waals surface area contributed by atoms with Gasteiger partial charge in [-0.15, -0.1) is 0 Å². The normalized spacial score (nSPS) is 18.1. The van der Waals surface area contributed by atoms with Gasteiger partial charge in [0.15, 0.2) is 0 Å². The van der Waals surface area contributed by atoms with Crippen LogP contribution in [-0.4, -0.2) is 5.71 Å². The van der Waals surface area contributed by atoms with Crippen LogP contribution in [0, 0.1) is 5.41 Å². The van der Waals surface area contributed by atoms with E-state index in [2.05, 4.69) is 6.58 Å². The van der Waals surface area contributed by atoms with Crippen molar-refractivity contribution < 1.29 is 4.39 Å². The summed E-state index contributed by atoms with van der Waals surface area (Å²) in [5.41, 5.74) is 0.700. The van der Waals surface area contributed by atoms with E-state index in [9.17, 15) is 4.39 Å². The Morgan fingerprint density at radius 2 is 2.11 bits per heavy atom. The molecular weight excluding hydrogens is 117 g/mol. The van der Waals surface area contributed by atoms with Gasteiger partial charge in [-0.3, -0.25) is 0 Å². The van der Waals surface area contributed by atoms with Crippen molar-refractivity contribution in [1.29, 1.82) is 5.41 Å². The third-order valence-corrected chi connectivity index (χ3v) is 1.07. The van der Waals surface area contributed by atoms with Gasteiger partial charge in [-0.1, -0.05) is 6.58 Å². The molecule has 0 aromatic carbocycles. The predicted molar refractivity (Wildman–Crippen MR) is 35.2 cm³/mol. The second kappa shape index (κ2) is 1.97. The van der Waals surface area contributed by atoms with Crippen LogP contribution in [0.25, 0.3) is 0 Å². The molecule has 0 saturated carbocycles. The van der Waals surface area contributed by atoms with Gasteiger partial charge >= 0.3 is 0 Å². The zero-order valence-corrected chi connectivity index (χ0v) is 4.82. The molecule has 0 radical (unpaired) electrons. The van der Waals surface area contributed by atoms with E-state index < -0.39 is 0 Å². The maximum absolute atomic E-state index is 12.2. The lowest BCUT2D eigenvalue weighted by molar-refractivity contribution is 0.666. The first kappa shape index (κ1) is 5.95. The number of hydrogen-bond acceptors (Lipinski definition) is 1. The van der Waals surface area contributed by atoms with Gasteiger partial charge < -0.3 is 5.41 Å². The third-order valence-electron chi connectivity index (χ3n) is 1.07. The van der Waals surface area contributed by atoms with Gasteiger partial charge in [-0.25, -0.2) is 4.39 Å². The summed E-state index contributed by atoms with van der Waals surface area (Å²) in [4.78, 5) is 0. The van der Waals surface area contributed by atoms with E-state index in [0.717, 1.165) is 0 Å². The van der Waals surface area contributed by atoms with Gasteiger partial charge in [0, 0.05) is 0 Å². The highest BCUT2D eigenvalue weighted by molar-refractivity contribution is 6.09. The molecule has 0 amide bonds. The smallest absolute Gasteiger partial charge is 0.123 e. The Labute approximate surface area is 52.7 Å². The number of nitrogens with one attached hydrogen (secondary N) is 1. The molecule has 2 heteroatoms. The standard InChI is InChI=1S/C7H6FN/c1-5-4-6(8)2-3-7(5)9/h2-4,9H,1H2. The summed E-state index contributed by atoms with van der Waals surface area (Å²) in [6, 6.07) is 0. The fourth-order valence-electron chi connectivity index (χ4n) is 0.562. The molecule has 0 aromatic rings. The van der Waals surface area contributed by atoms with Crippen molar-refractivity contribution in [2.75, 3.05) is 0 Å². The lowest BCUT2D eigenvalue weighted by Gasteiger charge is -2.00. The molecule has 1 aliphatic rings. The average molecular weight is 123 g/mol. The van der Waals surface area contributed by atoms with Crippen molar-refractivity contribution in [2.45, 2.75) is 0 Å². The van der Waals surface area contributed by atoms with Crippen LogP contribution in [0.3, 0.4) is 0 Å². The van der Waals surface area contributed by atoms with Crippen LogP contribution in [-0.2, 0) is 0 Å². The highest BCUT2D eigenvalue weighted by atomic mass is 19.1. The number of hydrogen-bond donors (Lipinski definition) is 1. The number of allylic oxidation sites excluding steroid dienone is 5. The second-order valence-corrected chi connectivity index (χ2v) is 1.80. The van der Waals surface area contributed by atoms with Crippen LogP contribution in [0.5, 0.6) is 0 Å². The summed E-state index contributed by atoms with van der Waals surface area (Å²) in [6.07, 6.45) is 3.87. The van der Waals surface area contributed by atoms with E-state index in [4.69, 9.17) is 5.41 Å². The van der Waals surface area contributed by atoms with Crippen LogP contribution in [0.1, 0.15) is 0 Å². The molecular formula is C7H6FN. The Balaban J connectivity index is 2.95. The summed E-state index contributed by atoms with van der Waals surface area (Å²) in [5.74, 6) is -0.337. The molecule has 1 N–H and O–H groups in total. The monoisotopic (exact) mass is 123 g/mol. The van der Waals surface area contributed by atoms with Crippen molar-refractivity contribution in [1.82, 2.24) is 0 Å². The van der Waals surface area contributed by atoms with Crippen LogP contribution >= 0.6 is 0 Å². The van der Waals surface area contributed by atoms with Crippen LogP contribution in [0.4, 0.5) is 4.39 Å². The zero-order valence-electron chi connectivity index (χ0n) is 4.82.